The predicted molar refractivity (Wildman–Crippen MR) is 210 cm³/mol. The first kappa shape index (κ1) is 35.1. The average Bonchev–Trinajstić information content (AvgIpc) is 3.45. The zero-order valence-electron chi connectivity index (χ0n) is 29.6. The van der Waals surface area contributed by atoms with Crippen LogP contribution < -0.4 is 5.56 Å². The number of carbonyl (C=O) groups is 1. The van der Waals surface area contributed by atoms with Crippen molar-refractivity contribution in [3.8, 4) is 16.8 Å². The van der Waals surface area contributed by atoms with Gasteiger partial charge >= 0.3 is 0 Å². The maximum Gasteiger partial charge on any atom is 0.296 e. The van der Waals surface area contributed by atoms with E-state index >= 15 is 0 Å². The normalized spacial score (nSPS) is 11.0. The number of aromatic nitrogens is 4. The molecule has 0 saturated carbocycles. The molecule has 0 bridgehead atoms. The Morgan fingerprint density at radius 3 is 2.16 bits per heavy atom. The van der Waals surface area contributed by atoms with Crippen molar-refractivity contribution < 1.29 is 4.79 Å². The Balaban J connectivity index is 0.000000179. The van der Waals surface area contributed by atoms with E-state index in [4.69, 9.17) is 16.6 Å². The number of fused-ring (bicyclic) bond motifs is 4. The van der Waals surface area contributed by atoms with Crippen molar-refractivity contribution >= 4 is 55.9 Å². The first-order valence-electron chi connectivity index (χ1n) is 17.0. The third-order valence-corrected chi connectivity index (χ3v) is 9.36. The number of halogens is 1. The van der Waals surface area contributed by atoms with Crippen LogP contribution in [0.15, 0.2) is 121 Å². The molecule has 0 radical (unpaired) electrons. The summed E-state index contributed by atoms with van der Waals surface area (Å²) in [4.78, 5) is 34.4. The second-order valence-electron chi connectivity index (χ2n) is 12.5. The summed E-state index contributed by atoms with van der Waals surface area (Å²) in [6.07, 6.45) is 0.0956. The third kappa shape index (κ3) is 7.00. The third-order valence-electron chi connectivity index (χ3n) is 9.13. The van der Waals surface area contributed by atoms with Gasteiger partial charge in [0.25, 0.3) is 5.56 Å². The lowest BCUT2D eigenvalue weighted by Gasteiger charge is -2.23. The number of hydrogen-bond donors (Lipinski definition) is 0. The van der Waals surface area contributed by atoms with Gasteiger partial charge in [0.15, 0.2) is 0 Å². The van der Waals surface area contributed by atoms with Crippen LogP contribution in [0.1, 0.15) is 25.2 Å². The number of rotatable bonds is 8. The highest BCUT2D eigenvalue weighted by molar-refractivity contribution is 6.31. The number of carbonyl (C=O) groups excluding carboxylic acids is 1. The summed E-state index contributed by atoms with van der Waals surface area (Å²) in [5, 5.41) is 7.90. The summed E-state index contributed by atoms with van der Waals surface area (Å²) in [5.41, 5.74) is 7.65. The minimum Gasteiger partial charge on any atom is -0.371 e. The van der Waals surface area contributed by atoms with Crippen molar-refractivity contribution in [2.75, 3.05) is 27.2 Å². The standard InChI is InChI=1S/C21H19ClN4O2.C21H22N2/c1-24(2)18(27)12-16-19-15-10-9-13(22)11-17(15)25(3)20(19)21(28)26(23-16)14-7-5-4-6-8-14;1-4-23(5-2)16(3)21-15-19(17-11-7-6-8-12-17)18-13-9-10-14-20(18)22-21/h4-11H,12H2,1-3H3;6-15H,3-5H2,1-2H3. The van der Waals surface area contributed by atoms with E-state index in [1.165, 1.54) is 26.1 Å². The summed E-state index contributed by atoms with van der Waals surface area (Å²) in [7, 11) is 5.24. The Kier molecular flexibility index (Phi) is 10.3. The van der Waals surface area contributed by atoms with E-state index in [2.05, 4.69) is 79.0 Å². The Morgan fingerprint density at radius 1 is 0.843 bits per heavy atom. The lowest BCUT2D eigenvalue weighted by atomic mass is 9.99. The Hall–Kier alpha value is -5.73. The predicted octanol–water partition coefficient (Wildman–Crippen LogP) is 8.38. The van der Waals surface area contributed by atoms with Crippen molar-refractivity contribution in [3.63, 3.8) is 0 Å². The molecule has 9 heteroatoms. The van der Waals surface area contributed by atoms with Crippen LogP contribution in [0.4, 0.5) is 0 Å². The lowest BCUT2D eigenvalue weighted by molar-refractivity contribution is -0.128. The first-order chi connectivity index (χ1) is 24.6. The number of para-hydroxylation sites is 2. The largest absolute Gasteiger partial charge is 0.371 e. The molecule has 3 heterocycles. The maximum absolute atomic E-state index is 13.3. The second-order valence-corrected chi connectivity index (χ2v) is 12.9. The summed E-state index contributed by atoms with van der Waals surface area (Å²) in [5.74, 6) is -0.0852. The molecule has 0 spiro atoms. The topological polar surface area (TPSA) is 76.3 Å². The van der Waals surface area contributed by atoms with Crippen LogP contribution in [0.25, 0.3) is 55.2 Å². The molecule has 0 aliphatic heterocycles. The SMILES string of the molecule is C=C(c1cc(-c2ccccc2)c2ccccc2n1)N(CC)CC.CN(C)C(=O)Cc1nn(-c2ccccc2)c(=O)c2c1c1ccc(Cl)cc1n2C. The van der Waals surface area contributed by atoms with Gasteiger partial charge in [-0.25, -0.2) is 4.98 Å². The molecule has 0 atom stereocenters. The van der Waals surface area contributed by atoms with Gasteiger partial charge in [0.2, 0.25) is 5.91 Å². The highest BCUT2D eigenvalue weighted by Crippen LogP contribution is 2.32. The molecule has 3 aromatic heterocycles. The van der Waals surface area contributed by atoms with Crippen LogP contribution >= 0.6 is 11.6 Å². The zero-order valence-corrected chi connectivity index (χ0v) is 30.4. The van der Waals surface area contributed by atoms with E-state index in [0.29, 0.717) is 27.3 Å². The van der Waals surface area contributed by atoms with Gasteiger partial charge in [-0.1, -0.05) is 91.0 Å². The van der Waals surface area contributed by atoms with Crippen molar-refractivity contribution in [2.24, 2.45) is 7.05 Å². The van der Waals surface area contributed by atoms with Crippen molar-refractivity contribution in [2.45, 2.75) is 20.3 Å². The first-order valence-corrected chi connectivity index (χ1v) is 17.4. The van der Waals surface area contributed by atoms with Gasteiger partial charge in [-0.15, -0.1) is 0 Å². The fourth-order valence-corrected chi connectivity index (χ4v) is 6.55. The molecule has 0 aliphatic rings. The van der Waals surface area contributed by atoms with Crippen LogP contribution in [0.2, 0.25) is 5.02 Å². The number of nitrogens with zero attached hydrogens (tertiary/aromatic N) is 6. The number of amides is 1. The molecule has 0 saturated heterocycles. The fourth-order valence-electron chi connectivity index (χ4n) is 6.38. The number of hydrogen-bond acceptors (Lipinski definition) is 5. The number of likely N-dealkylation sites (N-methyl/N-ethyl adjacent to an activating group) is 1. The van der Waals surface area contributed by atoms with Crippen LogP contribution in [-0.2, 0) is 18.3 Å². The highest BCUT2D eigenvalue weighted by atomic mass is 35.5. The van der Waals surface area contributed by atoms with E-state index in [1.807, 2.05) is 66.2 Å². The average molecular weight is 697 g/mol. The molecule has 0 unspecified atom stereocenters. The van der Waals surface area contributed by atoms with Crippen LogP contribution in [0.5, 0.6) is 0 Å². The molecule has 0 N–H and O–H groups in total. The van der Waals surface area contributed by atoms with Gasteiger partial charge in [0, 0.05) is 55.4 Å². The monoisotopic (exact) mass is 696 g/mol. The van der Waals surface area contributed by atoms with Crippen molar-refractivity contribution in [1.82, 2.24) is 29.1 Å². The Labute approximate surface area is 302 Å². The van der Waals surface area contributed by atoms with Gasteiger partial charge < -0.3 is 14.4 Å². The van der Waals surface area contributed by atoms with Crippen molar-refractivity contribution in [1.29, 1.82) is 0 Å². The van der Waals surface area contributed by atoms with Gasteiger partial charge in [0.1, 0.15) is 5.52 Å². The van der Waals surface area contributed by atoms with E-state index in [9.17, 15) is 9.59 Å². The molecule has 8 nitrogen and oxygen atoms in total. The molecule has 1 amide bonds. The van der Waals surface area contributed by atoms with Gasteiger partial charge in [0.05, 0.1) is 40.2 Å². The van der Waals surface area contributed by atoms with Crippen LogP contribution in [0, 0.1) is 0 Å². The summed E-state index contributed by atoms with van der Waals surface area (Å²) in [6, 6.07) is 35.6. The number of pyridine rings is 1. The molecule has 0 fully saturated rings. The van der Waals surface area contributed by atoms with E-state index in [0.717, 1.165) is 40.9 Å². The molecular weight excluding hydrogens is 656 g/mol. The van der Waals surface area contributed by atoms with Crippen molar-refractivity contribution in [3.05, 3.63) is 143 Å². The van der Waals surface area contributed by atoms with Crippen LogP contribution in [-0.4, -0.2) is 62.2 Å². The summed E-state index contributed by atoms with van der Waals surface area (Å²) < 4.78 is 3.19. The van der Waals surface area contributed by atoms with E-state index in [1.54, 1.807) is 20.2 Å². The quantitative estimate of drug-likeness (QED) is 0.160. The summed E-state index contributed by atoms with van der Waals surface area (Å²) >= 11 is 6.18. The van der Waals surface area contributed by atoms with Crippen LogP contribution in [0.3, 0.4) is 0 Å². The summed E-state index contributed by atoms with van der Waals surface area (Å²) in [6.45, 7) is 10.4. The fraction of sp³-hybridized carbons (Fsp3) is 0.190. The highest BCUT2D eigenvalue weighted by Gasteiger charge is 2.22. The van der Waals surface area contributed by atoms with Gasteiger partial charge in [-0.05, 0) is 61.4 Å². The molecule has 0 aliphatic carbocycles. The van der Waals surface area contributed by atoms with E-state index in [-0.39, 0.29) is 17.9 Å². The lowest BCUT2D eigenvalue weighted by Crippen LogP contribution is -2.28. The Bertz CT molecular complexity index is 2430. The minimum atomic E-state index is -0.239. The number of benzene rings is 4. The Morgan fingerprint density at radius 2 is 1.49 bits per heavy atom. The minimum absolute atomic E-state index is 0.0852. The second kappa shape index (κ2) is 15.0. The maximum atomic E-state index is 13.3. The molecule has 51 heavy (non-hydrogen) atoms. The van der Waals surface area contributed by atoms with Gasteiger partial charge in [-0.2, -0.15) is 9.78 Å². The number of aryl methyl sites for hydroxylation is 1. The smallest absolute Gasteiger partial charge is 0.296 e. The molecule has 4 aromatic carbocycles. The molecule has 258 valence electrons. The molecular formula is C42H41ClN6O2. The zero-order chi connectivity index (χ0) is 36.2. The van der Waals surface area contributed by atoms with E-state index < -0.39 is 0 Å². The van der Waals surface area contributed by atoms with Gasteiger partial charge in [-0.3, -0.25) is 9.59 Å². The molecule has 7 aromatic rings. The molecule has 7 rings (SSSR count).